The lowest BCUT2D eigenvalue weighted by Crippen LogP contribution is -2.10. The summed E-state index contributed by atoms with van der Waals surface area (Å²) in [7, 11) is 0. The summed E-state index contributed by atoms with van der Waals surface area (Å²) in [6.45, 7) is 0. The average molecular weight is 231 g/mol. The quantitative estimate of drug-likeness (QED) is 0.641. The SMILES string of the molecule is O=C/C=C\n1oc(O)c(-c2ccccc2)c1=O. The van der Waals surface area contributed by atoms with Crippen LogP contribution in [0.4, 0.5) is 0 Å². The Balaban J connectivity index is 2.57. The Morgan fingerprint density at radius 2 is 1.94 bits per heavy atom. The molecule has 0 aliphatic heterocycles. The average Bonchev–Trinajstić information content (AvgIpc) is 2.63. The molecule has 1 N–H and O–H groups in total. The van der Waals surface area contributed by atoms with Crippen molar-refractivity contribution in [3.05, 3.63) is 46.8 Å². The van der Waals surface area contributed by atoms with E-state index in [0.29, 0.717) is 11.8 Å². The molecule has 1 aromatic heterocycles. The largest absolute Gasteiger partial charge is 0.479 e. The van der Waals surface area contributed by atoms with Crippen LogP contribution in [-0.2, 0) is 4.79 Å². The van der Waals surface area contributed by atoms with Crippen molar-refractivity contribution in [3.8, 4) is 17.1 Å². The first-order chi connectivity index (χ1) is 8.24. The minimum Gasteiger partial charge on any atom is -0.479 e. The number of hydrogen-bond donors (Lipinski definition) is 1. The summed E-state index contributed by atoms with van der Waals surface area (Å²) >= 11 is 0. The summed E-state index contributed by atoms with van der Waals surface area (Å²) in [6.07, 6.45) is 2.74. The van der Waals surface area contributed by atoms with Crippen molar-refractivity contribution in [1.82, 2.24) is 4.74 Å². The maximum Gasteiger partial charge on any atom is 0.318 e. The number of carbonyl (C=O) groups excluding carboxylic acids is 1. The zero-order valence-electron chi connectivity index (χ0n) is 8.74. The molecular weight excluding hydrogens is 222 g/mol. The first-order valence-corrected chi connectivity index (χ1v) is 4.86. The van der Waals surface area contributed by atoms with Crippen LogP contribution in [0.15, 0.2) is 45.7 Å². The monoisotopic (exact) mass is 231 g/mol. The Hall–Kier alpha value is -2.56. The van der Waals surface area contributed by atoms with Gasteiger partial charge in [-0.25, -0.2) is 0 Å². The number of allylic oxidation sites excluding steroid dienone is 1. The number of rotatable bonds is 3. The van der Waals surface area contributed by atoms with Crippen LogP contribution in [0.2, 0.25) is 0 Å². The van der Waals surface area contributed by atoms with Gasteiger partial charge in [0, 0.05) is 0 Å². The molecule has 5 nitrogen and oxygen atoms in total. The molecule has 0 unspecified atom stereocenters. The lowest BCUT2D eigenvalue weighted by Gasteiger charge is -1.93. The summed E-state index contributed by atoms with van der Waals surface area (Å²) in [5.41, 5.74) is 0.102. The van der Waals surface area contributed by atoms with Gasteiger partial charge in [0.15, 0.2) is 0 Å². The van der Waals surface area contributed by atoms with Gasteiger partial charge in [0.05, 0.1) is 6.20 Å². The molecule has 0 saturated carbocycles. The second kappa shape index (κ2) is 4.52. The third-order valence-corrected chi connectivity index (χ3v) is 2.18. The molecule has 2 aromatic rings. The second-order valence-electron chi connectivity index (χ2n) is 3.25. The van der Waals surface area contributed by atoms with Gasteiger partial charge >= 0.3 is 5.95 Å². The van der Waals surface area contributed by atoms with Crippen molar-refractivity contribution in [2.24, 2.45) is 0 Å². The molecular formula is C12H9NO4. The molecule has 0 fully saturated rings. The third kappa shape index (κ3) is 2.03. The fraction of sp³-hybridized carbons (Fsp3) is 0. The number of hydrogen-bond acceptors (Lipinski definition) is 4. The van der Waals surface area contributed by atoms with Crippen LogP contribution in [0.25, 0.3) is 17.3 Å². The number of aldehydes is 1. The van der Waals surface area contributed by atoms with Crippen LogP contribution < -0.4 is 5.56 Å². The number of aromatic nitrogens is 1. The van der Waals surface area contributed by atoms with Crippen LogP contribution >= 0.6 is 0 Å². The van der Waals surface area contributed by atoms with Gasteiger partial charge in [-0.3, -0.25) is 9.59 Å². The number of nitrogens with zero attached hydrogens (tertiary/aromatic N) is 1. The highest BCUT2D eigenvalue weighted by atomic mass is 16.6. The molecule has 0 saturated heterocycles. The molecule has 0 aliphatic rings. The highest BCUT2D eigenvalue weighted by Gasteiger charge is 2.16. The van der Waals surface area contributed by atoms with Crippen LogP contribution in [0.1, 0.15) is 0 Å². The standard InChI is InChI=1S/C12H9NO4/c14-8-4-7-13-11(15)10(12(16)17-13)9-5-2-1-3-6-9/h1-8,16H/b7-4-. The van der Waals surface area contributed by atoms with Gasteiger partial charge in [-0.2, -0.15) is 0 Å². The molecule has 0 atom stereocenters. The van der Waals surface area contributed by atoms with Gasteiger partial charge in [0.2, 0.25) is 0 Å². The molecule has 1 heterocycles. The Morgan fingerprint density at radius 3 is 2.59 bits per heavy atom. The molecule has 0 bridgehead atoms. The van der Waals surface area contributed by atoms with E-state index in [1.54, 1.807) is 30.3 Å². The summed E-state index contributed by atoms with van der Waals surface area (Å²) < 4.78 is 5.61. The molecule has 17 heavy (non-hydrogen) atoms. The maximum atomic E-state index is 11.8. The van der Waals surface area contributed by atoms with Gasteiger partial charge in [0.25, 0.3) is 5.56 Å². The van der Waals surface area contributed by atoms with Crippen molar-refractivity contribution in [2.45, 2.75) is 0 Å². The third-order valence-electron chi connectivity index (χ3n) is 2.18. The van der Waals surface area contributed by atoms with Gasteiger partial charge < -0.3 is 9.63 Å². The van der Waals surface area contributed by atoms with Crippen LogP contribution in [-0.4, -0.2) is 16.1 Å². The predicted octanol–water partition coefficient (Wildman–Crippen LogP) is 1.48. The topological polar surface area (TPSA) is 72.4 Å². The van der Waals surface area contributed by atoms with Gasteiger partial charge in [-0.05, 0) is 11.6 Å². The van der Waals surface area contributed by atoms with E-state index < -0.39 is 11.5 Å². The Labute approximate surface area is 96.2 Å². The minimum atomic E-state index is -0.521. The Morgan fingerprint density at radius 1 is 1.24 bits per heavy atom. The Bertz CT molecular complexity index is 607. The van der Waals surface area contributed by atoms with Crippen LogP contribution in [0.5, 0.6) is 5.95 Å². The molecule has 0 amide bonds. The van der Waals surface area contributed by atoms with E-state index >= 15 is 0 Å². The first kappa shape index (κ1) is 10.9. The Kier molecular flexibility index (Phi) is 2.91. The summed E-state index contributed by atoms with van der Waals surface area (Å²) in [4.78, 5) is 22.0. The van der Waals surface area contributed by atoms with E-state index in [1.807, 2.05) is 0 Å². The van der Waals surface area contributed by atoms with Crippen molar-refractivity contribution < 1.29 is 14.4 Å². The molecule has 2 rings (SSSR count). The summed E-state index contributed by atoms with van der Waals surface area (Å²) in [5.74, 6) is -0.475. The van der Waals surface area contributed by atoms with E-state index in [0.717, 1.165) is 17.0 Å². The molecule has 0 aliphatic carbocycles. The minimum absolute atomic E-state index is 0.0705. The van der Waals surface area contributed by atoms with E-state index in [-0.39, 0.29) is 5.56 Å². The molecule has 1 aromatic carbocycles. The van der Waals surface area contributed by atoms with E-state index in [1.165, 1.54) is 0 Å². The van der Waals surface area contributed by atoms with Crippen LogP contribution in [0, 0.1) is 0 Å². The first-order valence-electron chi connectivity index (χ1n) is 4.86. The lowest BCUT2D eigenvalue weighted by molar-refractivity contribution is -0.104. The van der Waals surface area contributed by atoms with Crippen molar-refractivity contribution >= 4 is 12.5 Å². The maximum absolute atomic E-state index is 11.8. The molecule has 86 valence electrons. The fourth-order valence-electron chi connectivity index (χ4n) is 1.45. The van der Waals surface area contributed by atoms with Gasteiger partial charge in [-0.15, -0.1) is 4.74 Å². The zero-order valence-corrected chi connectivity index (χ0v) is 8.74. The number of carbonyl (C=O) groups is 1. The smallest absolute Gasteiger partial charge is 0.318 e. The highest BCUT2D eigenvalue weighted by Crippen LogP contribution is 2.25. The highest BCUT2D eigenvalue weighted by molar-refractivity contribution is 5.70. The fourth-order valence-corrected chi connectivity index (χ4v) is 1.45. The predicted molar refractivity (Wildman–Crippen MR) is 61.5 cm³/mol. The normalized spacial score (nSPS) is 10.8. The van der Waals surface area contributed by atoms with E-state index in [2.05, 4.69) is 0 Å². The van der Waals surface area contributed by atoms with Crippen molar-refractivity contribution in [1.29, 1.82) is 0 Å². The molecule has 5 heteroatoms. The molecule has 0 spiro atoms. The number of benzene rings is 1. The van der Waals surface area contributed by atoms with Gasteiger partial charge in [-0.1, -0.05) is 30.3 Å². The van der Waals surface area contributed by atoms with Crippen molar-refractivity contribution in [3.63, 3.8) is 0 Å². The second-order valence-corrected chi connectivity index (χ2v) is 3.25. The lowest BCUT2D eigenvalue weighted by atomic mass is 10.1. The summed E-state index contributed by atoms with van der Waals surface area (Å²) in [6, 6.07) is 8.64. The van der Waals surface area contributed by atoms with E-state index in [9.17, 15) is 14.7 Å². The van der Waals surface area contributed by atoms with Gasteiger partial charge in [0.1, 0.15) is 11.8 Å². The van der Waals surface area contributed by atoms with E-state index in [4.69, 9.17) is 4.52 Å². The van der Waals surface area contributed by atoms with Crippen LogP contribution in [0.3, 0.4) is 0 Å². The van der Waals surface area contributed by atoms with Crippen molar-refractivity contribution in [2.75, 3.05) is 0 Å². The summed E-state index contributed by atoms with van der Waals surface area (Å²) in [5, 5.41) is 9.56. The number of aromatic hydroxyl groups is 1. The molecule has 0 radical (unpaired) electrons. The zero-order chi connectivity index (χ0) is 12.3.